The van der Waals surface area contributed by atoms with Gasteiger partial charge in [0.2, 0.25) is 5.91 Å². The fraction of sp³-hybridized carbons (Fsp3) is 0.533. The first-order valence-corrected chi connectivity index (χ1v) is 6.75. The maximum Gasteiger partial charge on any atom is 0.236 e. The molecule has 19 heavy (non-hydrogen) atoms. The molecule has 4 heteroatoms. The summed E-state index contributed by atoms with van der Waals surface area (Å²) in [7, 11) is 3.55. The number of carbonyl (C=O) groups excluding carboxylic acids is 1. The monoisotopic (exact) mass is 262 g/mol. The molecule has 0 fully saturated rings. The van der Waals surface area contributed by atoms with Crippen LogP contribution in [0.25, 0.3) is 0 Å². The number of para-hydroxylation sites is 1. The Morgan fingerprint density at radius 3 is 3.00 bits per heavy atom. The van der Waals surface area contributed by atoms with Crippen LogP contribution in [0.2, 0.25) is 0 Å². The lowest BCUT2D eigenvalue weighted by atomic mass is 10.00. The van der Waals surface area contributed by atoms with Crippen LogP contribution in [-0.4, -0.2) is 38.1 Å². The first-order chi connectivity index (χ1) is 9.09. The molecule has 4 nitrogen and oxygen atoms in total. The van der Waals surface area contributed by atoms with Crippen LogP contribution >= 0.6 is 0 Å². The van der Waals surface area contributed by atoms with E-state index in [1.165, 1.54) is 5.56 Å². The van der Waals surface area contributed by atoms with E-state index < -0.39 is 0 Å². The Balaban J connectivity index is 2.14. The minimum atomic E-state index is 0.0966. The Kier molecular flexibility index (Phi) is 4.43. The van der Waals surface area contributed by atoms with Gasteiger partial charge in [0.25, 0.3) is 0 Å². The molecule has 0 saturated heterocycles. The molecule has 1 aliphatic heterocycles. The number of hydrogen-bond acceptors (Lipinski definition) is 3. The molecular formula is C15H22N2O2. The number of ether oxygens (including phenoxy) is 1. The summed E-state index contributed by atoms with van der Waals surface area (Å²) < 4.78 is 5.83. The topological polar surface area (TPSA) is 41.6 Å². The predicted octanol–water partition coefficient (Wildman–Crippen LogP) is 1.89. The molecule has 1 heterocycles. The third kappa shape index (κ3) is 3.26. The normalized spacial score (nSPS) is 18.2. The Labute approximate surface area is 114 Å². The lowest BCUT2D eigenvalue weighted by Gasteiger charge is -2.20. The molecule has 1 unspecified atom stereocenters. The zero-order chi connectivity index (χ0) is 13.8. The molecular weight excluding hydrogens is 240 g/mol. The van der Waals surface area contributed by atoms with E-state index in [1.807, 2.05) is 6.07 Å². The van der Waals surface area contributed by atoms with Gasteiger partial charge in [-0.05, 0) is 25.3 Å². The van der Waals surface area contributed by atoms with Gasteiger partial charge in [0.1, 0.15) is 5.75 Å². The van der Waals surface area contributed by atoms with Crippen molar-refractivity contribution in [3.8, 4) is 5.75 Å². The summed E-state index contributed by atoms with van der Waals surface area (Å²) in [5.74, 6) is 1.08. The van der Waals surface area contributed by atoms with Gasteiger partial charge in [-0.25, -0.2) is 0 Å². The molecule has 0 radical (unpaired) electrons. The van der Waals surface area contributed by atoms with Crippen molar-refractivity contribution < 1.29 is 9.53 Å². The second-order valence-electron chi connectivity index (χ2n) is 5.21. The predicted molar refractivity (Wildman–Crippen MR) is 75.3 cm³/mol. The van der Waals surface area contributed by atoms with Crippen LogP contribution in [0.15, 0.2) is 18.2 Å². The zero-order valence-electron chi connectivity index (χ0n) is 11.9. The number of hydrogen-bond donors (Lipinski definition) is 1. The van der Waals surface area contributed by atoms with E-state index in [9.17, 15) is 4.79 Å². The van der Waals surface area contributed by atoms with Crippen molar-refractivity contribution in [3.63, 3.8) is 0 Å². The Bertz CT molecular complexity index is 457. The second kappa shape index (κ2) is 6.06. The highest BCUT2D eigenvalue weighted by molar-refractivity contribution is 5.77. The fourth-order valence-electron chi connectivity index (χ4n) is 2.34. The number of carbonyl (C=O) groups is 1. The Morgan fingerprint density at radius 1 is 1.47 bits per heavy atom. The van der Waals surface area contributed by atoms with Gasteiger partial charge in [-0.3, -0.25) is 4.79 Å². The summed E-state index contributed by atoms with van der Waals surface area (Å²) in [5, 5.41) is 3.35. The molecule has 2 rings (SSSR count). The molecule has 1 aromatic carbocycles. The van der Waals surface area contributed by atoms with E-state index in [2.05, 4.69) is 24.4 Å². The zero-order valence-corrected chi connectivity index (χ0v) is 11.9. The highest BCUT2D eigenvalue weighted by atomic mass is 16.5. The maximum atomic E-state index is 11.7. The van der Waals surface area contributed by atoms with Gasteiger partial charge in [-0.1, -0.05) is 18.2 Å². The standard InChI is InChI=1S/C15H22N2O2/c1-11-6-4-7-12-13(8-5-9-19-15(11)12)16-10-14(18)17(2)3/h4,6-7,13,16H,5,8-10H2,1-3H3. The average Bonchev–Trinajstić information content (AvgIpc) is 2.59. The number of fused-ring (bicyclic) bond motifs is 1. The smallest absolute Gasteiger partial charge is 0.236 e. The quantitative estimate of drug-likeness (QED) is 0.904. The summed E-state index contributed by atoms with van der Waals surface area (Å²) in [6, 6.07) is 6.39. The second-order valence-corrected chi connectivity index (χ2v) is 5.21. The van der Waals surface area contributed by atoms with Crippen molar-refractivity contribution in [1.82, 2.24) is 10.2 Å². The van der Waals surface area contributed by atoms with Crippen LogP contribution in [-0.2, 0) is 4.79 Å². The SMILES string of the molecule is Cc1cccc2c1OCCCC2NCC(=O)N(C)C. The summed E-state index contributed by atoms with van der Waals surface area (Å²) in [4.78, 5) is 13.3. The van der Waals surface area contributed by atoms with Gasteiger partial charge in [0, 0.05) is 25.7 Å². The summed E-state index contributed by atoms with van der Waals surface area (Å²) >= 11 is 0. The van der Waals surface area contributed by atoms with Crippen molar-refractivity contribution >= 4 is 5.91 Å². The number of likely N-dealkylation sites (N-methyl/N-ethyl adjacent to an activating group) is 1. The largest absolute Gasteiger partial charge is 0.493 e. The number of benzene rings is 1. The summed E-state index contributed by atoms with van der Waals surface area (Å²) in [6.45, 7) is 3.18. The van der Waals surface area contributed by atoms with Gasteiger partial charge in [-0.15, -0.1) is 0 Å². The molecule has 0 aliphatic carbocycles. The van der Waals surface area contributed by atoms with Crippen LogP contribution in [0.3, 0.4) is 0 Å². The lowest BCUT2D eigenvalue weighted by molar-refractivity contribution is -0.127. The first-order valence-electron chi connectivity index (χ1n) is 6.75. The molecule has 0 spiro atoms. The van der Waals surface area contributed by atoms with Crippen molar-refractivity contribution in [3.05, 3.63) is 29.3 Å². The van der Waals surface area contributed by atoms with Crippen molar-refractivity contribution in [1.29, 1.82) is 0 Å². The first kappa shape index (κ1) is 13.9. The molecule has 0 saturated carbocycles. The van der Waals surface area contributed by atoms with E-state index in [0.29, 0.717) is 6.54 Å². The van der Waals surface area contributed by atoms with Gasteiger partial charge in [0.05, 0.1) is 13.2 Å². The molecule has 1 atom stereocenters. The molecule has 0 bridgehead atoms. The molecule has 104 valence electrons. The summed E-state index contributed by atoms with van der Waals surface area (Å²) in [5.41, 5.74) is 2.33. The number of aryl methyl sites for hydroxylation is 1. The van der Waals surface area contributed by atoms with Crippen molar-refractivity contribution in [2.75, 3.05) is 27.2 Å². The van der Waals surface area contributed by atoms with Crippen LogP contribution in [0.1, 0.15) is 30.0 Å². The minimum absolute atomic E-state index is 0.0966. The number of nitrogens with one attached hydrogen (secondary N) is 1. The van der Waals surface area contributed by atoms with Crippen LogP contribution in [0.4, 0.5) is 0 Å². The van der Waals surface area contributed by atoms with Gasteiger partial charge < -0.3 is 15.0 Å². The Hall–Kier alpha value is -1.55. The fourth-order valence-corrected chi connectivity index (χ4v) is 2.34. The highest BCUT2D eigenvalue weighted by Gasteiger charge is 2.21. The third-order valence-electron chi connectivity index (χ3n) is 3.50. The summed E-state index contributed by atoms with van der Waals surface area (Å²) in [6.07, 6.45) is 2.00. The Morgan fingerprint density at radius 2 is 2.26 bits per heavy atom. The van der Waals surface area contributed by atoms with Crippen LogP contribution in [0, 0.1) is 6.92 Å². The number of amides is 1. The molecule has 1 amide bonds. The van der Waals surface area contributed by atoms with Gasteiger partial charge in [-0.2, -0.15) is 0 Å². The van der Waals surface area contributed by atoms with E-state index in [0.717, 1.165) is 30.8 Å². The van der Waals surface area contributed by atoms with Crippen LogP contribution < -0.4 is 10.1 Å². The van der Waals surface area contributed by atoms with E-state index in [-0.39, 0.29) is 11.9 Å². The van der Waals surface area contributed by atoms with Crippen molar-refractivity contribution in [2.45, 2.75) is 25.8 Å². The lowest BCUT2D eigenvalue weighted by Crippen LogP contribution is -2.35. The van der Waals surface area contributed by atoms with E-state index in [4.69, 9.17) is 4.74 Å². The van der Waals surface area contributed by atoms with Gasteiger partial charge >= 0.3 is 0 Å². The van der Waals surface area contributed by atoms with Gasteiger partial charge in [0.15, 0.2) is 0 Å². The highest BCUT2D eigenvalue weighted by Crippen LogP contribution is 2.33. The third-order valence-corrected chi connectivity index (χ3v) is 3.50. The molecule has 1 aliphatic rings. The molecule has 0 aromatic heterocycles. The number of nitrogens with zero attached hydrogens (tertiary/aromatic N) is 1. The molecule has 1 N–H and O–H groups in total. The van der Waals surface area contributed by atoms with E-state index >= 15 is 0 Å². The van der Waals surface area contributed by atoms with Crippen LogP contribution in [0.5, 0.6) is 5.75 Å². The minimum Gasteiger partial charge on any atom is -0.493 e. The van der Waals surface area contributed by atoms with Crippen molar-refractivity contribution in [2.24, 2.45) is 0 Å². The van der Waals surface area contributed by atoms with E-state index in [1.54, 1.807) is 19.0 Å². The molecule has 1 aromatic rings. The number of rotatable bonds is 3. The average molecular weight is 262 g/mol. The maximum absolute atomic E-state index is 11.7.